The van der Waals surface area contributed by atoms with Crippen molar-refractivity contribution in [1.29, 1.82) is 0 Å². The molecule has 0 spiro atoms. The predicted molar refractivity (Wildman–Crippen MR) is 83.5 cm³/mol. The highest BCUT2D eigenvalue weighted by Crippen LogP contribution is 2.20. The first-order valence-corrected chi connectivity index (χ1v) is 8.91. The Kier molecular flexibility index (Phi) is 5.80. The highest BCUT2D eigenvalue weighted by atomic mass is 35.5. The van der Waals surface area contributed by atoms with Crippen molar-refractivity contribution in [3.63, 3.8) is 0 Å². The predicted octanol–water partition coefficient (Wildman–Crippen LogP) is 1.51. The average Bonchev–Trinajstić information content (AvgIpc) is 2.47. The van der Waals surface area contributed by atoms with Gasteiger partial charge in [-0.2, -0.15) is 4.31 Å². The summed E-state index contributed by atoms with van der Waals surface area (Å²) >= 11 is 5.86. The van der Waals surface area contributed by atoms with Crippen molar-refractivity contribution in [2.75, 3.05) is 32.7 Å². The van der Waals surface area contributed by atoms with E-state index >= 15 is 0 Å². The van der Waals surface area contributed by atoms with Crippen LogP contribution in [0, 0.1) is 0 Å². The summed E-state index contributed by atoms with van der Waals surface area (Å²) in [6.45, 7) is 2.71. The standard InChI is InChI=1S/C14H19ClN2O4S/c15-12-3-1-4-13(11-12)22(20,21)17-9-7-16(8-10-17)6-2-5-14(18)19/h1,3-4,11H,2,5-10H2,(H,18,19). The molecule has 1 aliphatic rings. The number of benzene rings is 1. The molecule has 122 valence electrons. The molecule has 1 N–H and O–H groups in total. The summed E-state index contributed by atoms with van der Waals surface area (Å²) in [6, 6.07) is 6.26. The van der Waals surface area contributed by atoms with E-state index in [1.807, 2.05) is 0 Å². The lowest BCUT2D eigenvalue weighted by atomic mass is 10.2. The van der Waals surface area contributed by atoms with Crippen LogP contribution in [0.1, 0.15) is 12.8 Å². The van der Waals surface area contributed by atoms with Crippen molar-refractivity contribution >= 4 is 27.6 Å². The largest absolute Gasteiger partial charge is 0.481 e. The van der Waals surface area contributed by atoms with Crippen LogP contribution in [0.4, 0.5) is 0 Å². The van der Waals surface area contributed by atoms with Crippen LogP contribution in [0.15, 0.2) is 29.2 Å². The average molecular weight is 347 g/mol. The Morgan fingerprint density at radius 1 is 1.23 bits per heavy atom. The molecule has 6 nitrogen and oxygen atoms in total. The quantitative estimate of drug-likeness (QED) is 0.844. The van der Waals surface area contributed by atoms with Gasteiger partial charge in [-0.15, -0.1) is 0 Å². The number of rotatable bonds is 6. The van der Waals surface area contributed by atoms with Crippen LogP contribution >= 0.6 is 11.6 Å². The van der Waals surface area contributed by atoms with Gasteiger partial charge in [0.2, 0.25) is 10.0 Å². The number of piperazine rings is 1. The van der Waals surface area contributed by atoms with Gasteiger partial charge in [0.15, 0.2) is 0 Å². The van der Waals surface area contributed by atoms with Gasteiger partial charge in [-0.05, 0) is 31.2 Å². The minimum Gasteiger partial charge on any atom is -0.481 e. The van der Waals surface area contributed by atoms with Crippen molar-refractivity contribution < 1.29 is 18.3 Å². The first kappa shape index (κ1) is 17.2. The molecule has 0 unspecified atom stereocenters. The highest BCUT2D eigenvalue weighted by Gasteiger charge is 2.28. The Hall–Kier alpha value is -1.15. The Morgan fingerprint density at radius 3 is 2.50 bits per heavy atom. The zero-order chi connectivity index (χ0) is 16.2. The Morgan fingerprint density at radius 2 is 1.91 bits per heavy atom. The monoisotopic (exact) mass is 346 g/mol. The molecule has 0 radical (unpaired) electrons. The second-order valence-electron chi connectivity index (χ2n) is 5.20. The van der Waals surface area contributed by atoms with Gasteiger partial charge in [0.05, 0.1) is 4.90 Å². The summed E-state index contributed by atoms with van der Waals surface area (Å²) in [6.07, 6.45) is 0.720. The third-order valence-corrected chi connectivity index (χ3v) is 5.76. The van der Waals surface area contributed by atoms with E-state index in [0.29, 0.717) is 44.2 Å². The smallest absolute Gasteiger partial charge is 0.303 e. The summed E-state index contributed by atoms with van der Waals surface area (Å²) in [4.78, 5) is 12.8. The van der Waals surface area contributed by atoms with Gasteiger partial charge in [-0.25, -0.2) is 8.42 Å². The summed E-state index contributed by atoms with van der Waals surface area (Å²) in [7, 11) is -3.51. The molecule has 0 atom stereocenters. The highest BCUT2D eigenvalue weighted by molar-refractivity contribution is 7.89. The van der Waals surface area contributed by atoms with Crippen LogP contribution in [0.5, 0.6) is 0 Å². The zero-order valence-corrected chi connectivity index (χ0v) is 13.7. The minimum absolute atomic E-state index is 0.140. The van der Waals surface area contributed by atoms with Crippen LogP contribution in [0.25, 0.3) is 0 Å². The minimum atomic E-state index is -3.51. The van der Waals surface area contributed by atoms with Gasteiger partial charge in [-0.3, -0.25) is 4.79 Å². The number of nitrogens with zero attached hydrogens (tertiary/aromatic N) is 2. The summed E-state index contributed by atoms with van der Waals surface area (Å²) < 4.78 is 26.5. The second kappa shape index (κ2) is 7.41. The van der Waals surface area contributed by atoms with Crippen LogP contribution in [-0.2, 0) is 14.8 Å². The van der Waals surface area contributed by atoms with E-state index in [2.05, 4.69) is 4.90 Å². The Labute approximate surface area is 135 Å². The molecule has 1 saturated heterocycles. The fourth-order valence-electron chi connectivity index (χ4n) is 2.42. The number of aliphatic carboxylic acids is 1. The van der Waals surface area contributed by atoms with Gasteiger partial charge in [0, 0.05) is 37.6 Å². The van der Waals surface area contributed by atoms with Gasteiger partial charge in [0.25, 0.3) is 0 Å². The first-order valence-electron chi connectivity index (χ1n) is 7.09. The molecule has 1 heterocycles. The van der Waals surface area contributed by atoms with Crippen LogP contribution in [-0.4, -0.2) is 61.4 Å². The molecule has 0 amide bonds. The summed E-state index contributed by atoms with van der Waals surface area (Å²) in [5, 5.41) is 9.02. The summed E-state index contributed by atoms with van der Waals surface area (Å²) in [5.41, 5.74) is 0. The number of hydrogen-bond donors (Lipinski definition) is 1. The maximum absolute atomic E-state index is 12.5. The maximum Gasteiger partial charge on any atom is 0.303 e. The number of halogens is 1. The Bertz CT molecular complexity index is 627. The molecule has 0 aromatic heterocycles. The third-order valence-electron chi connectivity index (χ3n) is 3.63. The molecule has 1 aromatic rings. The SMILES string of the molecule is O=C(O)CCCN1CCN(S(=O)(=O)c2cccc(Cl)c2)CC1. The lowest BCUT2D eigenvalue weighted by Crippen LogP contribution is -2.48. The van der Waals surface area contributed by atoms with Gasteiger partial charge in [0.1, 0.15) is 0 Å². The van der Waals surface area contributed by atoms with E-state index in [1.165, 1.54) is 10.4 Å². The van der Waals surface area contributed by atoms with Gasteiger partial charge < -0.3 is 10.0 Å². The fraction of sp³-hybridized carbons (Fsp3) is 0.500. The molecule has 0 saturated carbocycles. The Balaban J connectivity index is 1.92. The van der Waals surface area contributed by atoms with Gasteiger partial charge in [-0.1, -0.05) is 17.7 Å². The lowest BCUT2D eigenvalue weighted by molar-refractivity contribution is -0.137. The lowest BCUT2D eigenvalue weighted by Gasteiger charge is -2.33. The van der Waals surface area contributed by atoms with E-state index < -0.39 is 16.0 Å². The van der Waals surface area contributed by atoms with Crippen molar-refractivity contribution in [2.45, 2.75) is 17.7 Å². The number of sulfonamides is 1. The van der Waals surface area contributed by atoms with E-state index in [4.69, 9.17) is 16.7 Å². The molecular formula is C14H19ClN2O4S. The molecule has 2 rings (SSSR count). The van der Waals surface area contributed by atoms with Crippen LogP contribution < -0.4 is 0 Å². The molecule has 1 aliphatic heterocycles. The van der Waals surface area contributed by atoms with Crippen LogP contribution in [0.3, 0.4) is 0 Å². The number of hydrogen-bond acceptors (Lipinski definition) is 4. The number of carboxylic acid groups (broad SMARTS) is 1. The molecule has 22 heavy (non-hydrogen) atoms. The summed E-state index contributed by atoms with van der Waals surface area (Å²) in [5.74, 6) is -0.804. The van der Waals surface area contributed by atoms with Crippen molar-refractivity contribution in [3.8, 4) is 0 Å². The second-order valence-corrected chi connectivity index (χ2v) is 7.57. The zero-order valence-electron chi connectivity index (χ0n) is 12.1. The number of carboxylic acids is 1. The number of carbonyl (C=O) groups is 1. The first-order chi connectivity index (χ1) is 10.4. The third kappa shape index (κ3) is 4.42. The maximum atomic E-state index is 12.5. The van der Waals surface area contributed by atoms with Crippen LogP contribution in [0.2, 0.25) is 5.02 Å². The molecule has 0 bridgehead atoms. The van der Waals surface area contributed by atoms with E-state index in [9.17, 15) is 13.2 Å². The molecule has 1 fully saturated rings. The van der Waals surface area contributed by atoms with Crippen molar-refractivity contribution in [1.82, 2.24) is 9.21 Å². The van der Waals surface area contributed by atoms with E-state index in [-0.39, 0.29) is 11.3 Å². The van der Waals surface area contributed by atoms with E-state index in [0.717, 1.165) is 0 Å². The van der Waals surface area contributed by atoms with Crippen molar-refractivity contribution in [3.05, 3.63) is 29.3 Å². The van der Waals surface area contributed by atoms with E-state index in [1.54, 1.807) is 18.2 Å². The van der Waals surface area contributed by atoms with Gasteiger partial charge >= 0.3 is 5.97 Å². The topological polar surface area (TPSA) is 77.9 Å². The fourth-order valence-corrected chi connectivity index (χ4v) is 4.15. The molecular weight excluding hydrogens is 328 g/mol. The normalized spacial score (nSPS) is 17.5. The molecule has 0 aliphatic carbocycles. The van der Waals surface area contributed by atoms with Crippen molar-refractivity contribution in [2.24, 2.45) is 0 Å². The molecule has 1 aromatic carbocycles. The molecule has 8 heteroatoms.